The molecule has 0 saturated carbocycles. The summed E-state index contributed by atoms with van der Waals surface area (Å²) in [4.78, 5) is 11.3. The lowest BCUT2D eigenvalue weighted by Gasteiger charge is -2.15. The monoisotopic (exact) mass is 192 g/mol. The van der Waals surface area contributed by atoms with Gasteiger partial charge in [0.25, 0.3) is 0 Å². The maximum absolute atomic E-state index is 11.3. The average molecular weight is 192 g/mol. The van der Waals surface area contributed by atoms with Crippen molar-refractivity contribution in [3.63, 3.8) is 0 Å². The van der Waals surface area contributed by atoms with Crippen LogP contribution in [0, 0.1) is 28.1 Å². The molecule has 74 valence electrons. The van der Waals surface area contributed by atoms with E-state index in [1.807, 2.05) is 0 Å². The van der Waals surface area contributed by atoms with E-state index >= 15 is 0 Å². The molecule has 14 heavy (non-hydrogen) atoms. The number of carbonyl (C=O) groups excluding carboxylic acids is 1. The van der Waals surface area contributed by atoms with Gasteiger partial charge in [0, 0.05) is 6.42 Å². The fraction of sp³-hybridized carbons (Fsp3) is 0.500. The van der Waals surface area contributed by atoms with E-state index in [0.717, 1.165) is 12.7 Å². The number of nitrogens with zero attached hydrogens (tertiary/aromatic N) is 2. The molecule has 0 aliphatic heterocycles. The fourth-order valence-corrected chi connectivity index (χ4v) is 0.962. The summed E-state index contributed by atoms with van der Waals surface area (Å²) in [5.41, 5.74) is -0.899. The molecule has 0 spiro atoms. The standard InChI is InChI=1S/C10H12N2O2/c1-4-8(2)5-10(6-11,7-12)9(13)14-3/h4H,5H2,1-3H3/b8-4+. The molecule has 4 heteroatoms. The minimum atomic E-state index is -1.70. The summed E-state index contributed by atoms with van der Waals surface area (Å²) < 4.78 is 4.43. The molecule has 0 heterocycles. The van der Waals surface area contributed by atoms with Gasteiger partial charge in [-0.25, -0.2) is 4.79 Å². The number of methoxy groups -OCH3 is 1. The van der Waals surface area contributed by atoms with E-state index < -0.39 is 11.4 Å². The molecule has 0 saturated heterocycles. The van der Waals surface area contributed by atoms with Crippen LogP contribution in [0.2, 0.25) is 0 Å². The minimum Gasteiger partial charge on any atom is -0.467 e. The Kier molecular flexibility index (Phi) is 4.38. The van der Waals surface area contributed by atoms with Crippen LogP contribution in [-0.2, 0) is 9.53 Å². The van der Waals surface area contributed by atoms with Gasteiger partial charge in [0.2, 0.25) is 5.41 Å². The minimum absolute atomic E-state index is 0.0865. The summed E-state index contributed by atoms with van der Waals surface area (Å²) in [5.74, 6) is -0.802. The molecule has 0 aromatic heterocycles. The number of rotatable bonds is 3. The van der Waals surface area contributed by atoms with E-state index in [0.29, 0.717) is 0 Å². The molecule has 0 aromatic rings. The number of ether oxygens (including phenoxy) is 1. The van der Waals surface area contributed by atoms with Crippen LogP contribution in [0.15, 0.2) is 11.6 Å². The molecular formula is C10H12N2O2. The zero-order valence-electron chi connectivity index (χ0n) is 8.50. The number of esters is 1. The average Bonchev–Trinajstić information content (AvgIpc) is 2.24. The summed E-state index contributed by atoms with van der Waals surface area (Å²) in [6.07, 6.45) is 1.84. The lowest BCUT2D eigenvalue weighted by atomic mass is 9.85. The van der Waals surface area contributed by atoms with Gasteiger partial charge < -0.3 is 4.74 Å². The Morgan fingerprint density at radius 1 is 1.50 bits per heavy atom. The smallest absolute Gasteiger partial charge is 0.341 e. The molecule has 0 amide bonds. The van der Waals surface area contributed by atoms with E-state index in [1.54, 1.807) is 32.1 Å². The first kappa shape index (κ1) is 12.2. The summed E-state index contributed by atoms with van der Waals surface area (Å²) in [6, 6.07) is 3.41. The van der Waals surface area contributed by atoms with Gasteiger partial charge in [-0.3, -0.25) is 0 Å². The number of allylic oxidation sites excluding steroid dienone is 2. The number of hydrogen-bond acceptors (Lipinski definition) is 4. The summed E-state index contributed by atoms with van der Waals surface area (Å²) in [7, 11) is 1.16. The van der Waals surface area contributed by atoms with Crippen molar-refractivity contribution in [3.8, 4) is 12.1 Å². The molecular weight excluding hydrogens is 180 g/mol. The van der Waals surface area contributed by atoms with E-state index in [-0.39, 0.29) is 6.42 Å². The summed E-state index contributed by atoms with van der Waals surface area (Å²) in [5, 5.41) is 17.6. The quantitative estimate of drug-likeness (QED) is 0.502. The van der Waals surface area contributed by atoms with Crippen molar-refractivity contribution in [2.45, 2.75) is 20.3 Å². The van der Waals surface area contributed by atoms with Crippen molar-refractivity contribution in [2.24, 2.45) is 5.41 Å². The van der Waals surface area contributed by atoms with E-state index in [2.05, 4.69) is 4.74 Å². The van der Waals surface area contributed by atoms with Crippen LogP contribution in [0.4, 0.5) is 0 Å². The first-order valence-electron chi connectivity index (χ1n) is 4.09. The van der Waals surface area contributed by atoms with Gasteiger partial charge in [-0.1, -0.05) is 11.6 Å². The van der Waals surface area contributed by atoms with Crippen LogP contribution in [0.3, 0.4) is 0 Å². The van der Waals surface area contributed by atoms with Crippen molar-refractivity contribution in [2.75, 3.05) is 7.11 Å². The Morgan fingerprint density at radius 3 is 2.29 bits per heavy atom. The lowest BCUT2D eigenvalue weighted by Crippen LogP contribution is -2.29. The molecule has 0 bridgehead atoms. The molecule has 0 aromatic carbocycles. The second kappa shape index (κ2) is 5.04. The predicted molar refractivity (Wildman–Crippen MR) is 49.7 cm³/mol. The number of hydrogen-bond donors (Lipinski definition) is 0. The second-order valence-corrected chi connectivity index (χ2v) is 2.93. The van der Waals surface area contributed by atoms with E-state index in [1.165, 1.54) is 0 Å². The zero-order chi connectivity index (χ0) is 11.2. The van der Waals surface area contributed by atoms with Crippen molar-refractivity contribution in [1.82, 2.24) is 0 Å². The molecule has 0 aliphatic rings. The van der Waals surface area contributed by atoms with Crippen LogP contribution in [-0.4, -0.2) is 13.1 Å². The third kappa shape index (κ3) is 2.34. The topological polar surface area (TPSA) is 73.9 Å². The molecule has 0 aliphatic carbocycles. The lowest BCUT2D eigenvalue weighted by molar-refractivity contribution is -0.146. The first-order chi connectivity index (χ1) is 6.56. The summed E-state index contributed by atoms with van der Waals surface area (Å²) in [6.45, 7) is 3.54. The third-order valence-corrected chi connectivity index (χ3v) is 1.95. The van der Waals surface area contributed by atoms with Gasteiger partial charge in [-0.15, -0.1) is 0 Å². The van der Waals surface area contributed by atoms with Crippen molar-refractivity contribution in [1.29, 1.82) is 10.5 Å². The molecule has 0 N–H and O–H groups in total. The highest BCUT2D eigenvalue weighted by Crippen LogP contribution is 2.26. The Bertz CT molecular complexity index is 317. The third-order valence-electron chi connectivity index (χ3n) is 1.95. The Labute approximate surface area is 83.4 Å². The maximum atomic E-state index is 11.3. The molecule has 0 radical (unpaired) electrons. The van der Waals surface area contributed by atoms with Gasteiger partial charge >= 0.3 is 5.97 Å². The van der Waals surface area contributed by atoms with Crippen molar-refractivity contribution in [3.05, 3.63) is 11.6 Å². The van der Waals surface area contributed by atoms with Crippen LogP contribution < -0.4 is 0 Å². The molecule has 0 unspecified atom stereocenters. The first-order valence-corrected chi connectivity index (χ1v) is 4.09. The fourth-order valence-electron chi connectivity index (χ4n) is 0.962. The second-order valence-electron chi connectivity index (χ2n) is 2.93. The Balaban J connectivity index is 5.05. The van der Waals surface area contributed by atoms with Crippen LogP contribution in [0.5, 0.6) is 0 Å². The van der Waals surface area contributed by atoms with Crippen LogP contribution >= 0.6 is 0 Å². The van der Waals surface area contributed by atoms with Gasteiger partial charge in [0.05, 0.1) is 19.2 Å². The summed E-state index contributed by atoms with van der Waals surface area (Å²) >= 11 is 0. The largest absolute Gasteiger partial charge is 0.467 e. The maximum Gasteiger partial charge on any atom is 0.341 e. The predicted octanol–water partition coefficient (Wildman–Crippen LogP) is 1.55. The molecule has 4 nitrogen and oxygen atoms in total. The molecule has 0 atom stereocenters. The van der Waals surface area contributed by atoms with E-state index in [4.69, 9.17) is 10.5 Å². The normalized spacial score (nSPS) is 11.4. The zero-order valence-corrected chi connectivity index (χ0v) is 8.50. The number of nitriles is 2. The van der Waals surface area contributed by atoms with Crippen molar-refractivity contribution < 1.29 is 9.53 Å². The van der Waals surface area contributed by atoms with Crippen LogP contribution in [0.1, 0.15) is 20.3 Å². The highest BCUT2D eigenvalue weighted by atomic mass is 16.5. The molecule has 0 rings (SSSR count). The highest BCUT2D eigenvalue weighted by molar-refractivity contribution is 5.83. The van der Waals surface area contributed by atoms with Crippen molar-refractivity contribution >= 4 is 5.97 Å². The van der Waals surface area contributed by atoms with Gasteiger partial charge in [-0.05, 0) is 13.8 Å². The SMILES string of the molecule is C/C=C(\C)CC(C#N)(C#N)C(=O)OC. The Morgan fingerprint density at radius 2 is 2.00 bits per heavy atom. The van der Waals surface area contributed by atoms with Gasteiger partial charge in [0.1, 0.15) is 0 Å². The number of carbonyl (C=O) groups is 1. The van der Waals surface area contributed by atoms with Crippen LogP contribution in [0.25, 0.3) is 0 Å². The highest BCUT2D eigenvalue weighted by Gasteiger charge is 2.40. The molecule has 0 fully saturated rings. The van der Waals surface area contributed by atoms with Gasteiger partial charge in [0.15, 0.2) is 0 Å². The van der Waals surface area contributed by atoms with E-state index in [9.17, 15) is 4.79 Å². The van der Waals surface area contributed by atoms with Gasteiger partial charge in [-0.2, -0.15) is 10.5 Å². The Hall–Kier alpha value is -1.81.